The smallest absolute Gasteiger partial charge is 0.274 e. The van der Waals surface area contributed by atoms with Crippen molar-refractivity contribution in [3.8, 4) is 11.1 Å². The number of nitrogens with one attached hydrogen (secondary N) is 2. The molecular weight excluding hydrogens is 495 g/mol. The fraction of sp³-hybridized carbons (Fsp3) is 0.143. The summed E-state index contributed by atoms with van der Waals surface area (Å²) in [5.41, 5.74) is 7.34. The Labute approximate surface area is 219 Å². The SMILES string of the molecule is Cc1c(NC(=O)c2ccc(CCl)cn2)cccc1-c1cccc(NC(=O)c2ccc(CCl)cn2)c1C. The standard InChI is InChI=1S/C28H24Cl2N4O2/c1-17-21(5-3-7-23(17)33-27(35)25-11-9-19(13-29)15-31-25)22-6-4-8-24(18(22)2)34-28(36)26-12-10-20(14-30)16-32-26/h3-12,15-16H,13-14H2,1-2H3,(H,33,35)(H,34,36). The highest BCUT2D eigenvalue weighted by Gasteiger charge is 2.15. The number of carbonyl (C=O) groups excluding carboxylic acids is 2. The van der Waals surface area contributed by atoms with Crippen molar-refractivity contribution >= 4 is 46.4 Å². The maximum absolute atomic E-state index is 12.8. The summed E-state index contributed by atoms with van der Waals surface area (Å²) in [6.45, 7) is 3.89. The van der Waals surface area contributed by atoms with Crippen molar-refractivity contribution in [2.24, 2.45) is 0 Å². The molecule has 0 atom stereocenters. The molecule has 0 aliphatic heterocycles. The number of alkyl halides is 2. The van der Waals surface area contributed by atoms with E-state index in [9.17, 15) is 9.59 Å². The lowest BCUT2D eigenvalue weighted by Gasteiger charge is -2.17. The molecule has 182 valence electrons. The van der Waals surface area contributed by atoms with Crippen LogP contribution in [-0.2, 0) is 11.8 Å². The molecule has 2 aromatic heterocycles. The van der Waals surface area contributed by atoms with Crippen LogP contribution in [0.15, 0.2) is 73.1 Å². The highest BCUT2D eigenvalue weighted by molar-refractivity contribution is 6.17. The highest BCUT2D eigenvalue weighted by Crippen LogP contribution is 2.34. The second-order valence-electron chi connectivity index (χ2n) is 8.24. The minimum absolute atomic E-state index is 0.304. The number of anilines is 2. The first-order valence-electron chi connectivity index (χ1n) is 11.3. The van der Waals surface area contributed by atoms with Crippen molar-refractivity contribution in [3.63, 3.8) is 0 Å². The van der Waals surface area contributed by atoms with Crippen molar-refractivity contribution in [3.05, 3.63) is 107 Å². The third-order valence-electron chi connectivity index (χ3n) is 5.88. The average Bonchev–Trinajstić information content (AvgIpc) is 2.91. The Hall–Kier alpha value is -3.74. The normalized spacial score (nSPS) is 10.7. The first-order chi connectivity index (χ1) is 17.4. The predicted octanol–water partition coefficient (Wildman–Crippen LogP) is 6.74. The summed E-state index contributed by atoms with van der Waals surface area (Å²) >= 11 is 11.6. The molecule has 4 rings (SSSR count). The molecule has 0 bridgehead atoms. The summed E-state index contributed by atoms with van der Waals surface area (Å²) in [6.07, 6.45) is 3.19. The van der Waals surface area contributed by atoms with Crippen LogP contribution < -0.4 is 10.6 Å². The number of pyridine rings is 2. The van der Waals surface area contributed by atoms with E-state index < -0.39 is 0 Å². The molecule has 8 heteroatoms. The van der Waals surface area contributed by atoms with E-state index in [-0.39, 0.29) is 11.8 Å². The van der Waals surface area contributed by atoms with Gasteiger partial charge in [-0.1, -0.05) is 36.4 Å². The van der Waals surface area contributed by atoms with Crippen LogP contribution in [0.25, 0.3) is 11.1 Å². The summed E-state index contributed by atoms with van der Waals surface area (Å²) in [5, 5.41) is 5.90. The zero-order chi connectivity index (χ0) is 25.7. The molecule has 0 unspecified atom stereocenters. The number of nitrogens with zero attached hydrogens (tertiary/aromatic N) is 2. The van der Waals surface area contributed by atoms with Gasteiger partial charge in [-0.25, -0.2) is 0 Å². The van der Waals surface area contributed by atoms with E-state index in [0.29, 0.717) is 34.5 Å². The largest absolute Gasteiger partial charge is 0.320 e. The second kappa shape index (κ2) is 11.3. The number of aromatic nitrogens is 2. The van der Waals surface area contributed by atoms with Crippen LogP contribution in [0.3, 0.4) is 0 Å². The van der Waals surface area contributed by atoms with E-state index >= 15 is 0 Å². The molecule has 2 N–H and O–H groups in total. The van der Waals surface area contributed by atoms with Gasteiger partial charge in [0.25, 0.3) is 11.8 Å². The van der Waals surface area contributed by atoms with E-state index in [0.717, 1.165) is 33.4 Å². The molecule has 0 radical (unpaired) electrons. The van der Waals surface area contributed by atoms with E-state index in [2.05, 4.69) is 20.6 Å². The summed E-state index contributed by atoms with van der Waals surface area (Å²) in [7, 11) is 0. The summed E-state index contributed by atoms with van der Waals surface area (Å²) in [4.78, 5) is 33.9. The minimum Gasteiger partial charge on any atom is -0.320 e. The lowest BCUT2D eigenvalue weighted by Crippen LogP contribution is -2.15. The van der Waals surface area contributed by atoms with Crippen molar-refractivity contribution in [2.75, 3.05) is 10.6 Å². The topological polar surface area (TPSA) is 84.0 Å². The molecule has 0 aliphatic carbocycles. The maximum atomic E-state index is 12.8. The zero-order valence-corrected chi connectivity index (χ0v) is 21.3. The number of hydrogen-bond donors (Lipinski definition) is 2. The third-order valence-corrected chi connectivity index (χ3v) is 6.49. The van der Waals surface area contributed by atoms with Gasteiger partial charge in [0, 0.05) is 35.5 Å². The van der Waals surface area contributed by atoms with Crippen molar-refractivity contribution < 1.29 is 9.59 Å². The lowest BCUT2D eigenvalue weighted by atomic mass is 9.94. The number of carbonyl (C=O) groups is 2. The Morgan fingerprint density at radius 1 is 0.667 bits per heavy atom. The summed E-state index contributed by atoms with van der Waals surface area (Å²) in [6, 6.07) is 18.3. The molecule has 6 nitrogen and oxygen atoms in total. The van der Waals surface area contributed by atoms with Crippen molar-refractivity contribution in [2.45, 2.75) is 25.6 Å². The quantitative estimate of drug-likeness (QED) is 0.265. The second-order valence-corrected chi connectivity index (χ2v) is 8.77. The van der Waals surface area contributed by atoms with Gasteiger partial charge in [0.2, 0.25) is 0 Å². The molecule has 0 saturated carbocycles. The molecule has 0 aliphatic rings. The van der Waals surface area contributed by atoms with Crippen molar-refractivity contribution in [1.29, 1.82) is 0 Å². The van der Waals surface area contributed by atoms with Crippen LogP contribution in [0.2, 0.25) is 0 Å². The maximum Gasteiger partial charge on any atom is 0.274 e. The van der Waals surface area contributed by atoms with Crippen LogP contribution in [0.4, 0.5) is 11.4 Å². The van der Waals surface area contributed by atoms with Crippen LogP contribution in [0.1, 0.15) is 43.2 Å². The minimum atomic E-state index is -0.304. The Bertz CT molecular complexity index is 1300. The van der Waals surface area contributed by atoms with E-state index in [1.807, 2.05) is 50.2 Å². The number of amides is 2. The van der Waals surface area contributed by atoms with Gasteiger partial charge in [0.05, 0.1) is 0 Å². The first kappa shape index (κ1) is 25.4. The van der Waals surface area contributed by atoms with Gasteiger partial charge in [-0.15, -0.1) is 23.2 Å². The van der Waals surface area contributed by atoms with E-state index in [1.54, 1.807) is 36.7 Å². The molecule has 4 aromatic rings. The Kier molecular flexibility index (Phi) is 7.98. The Balaban J connectivity index is 1.58. The fourth-order valence-electron chi connectivity index (χ4n) is 3.77. The Morgan fingerprint density at radius 2 is 1.08 bits per heavy atom. The van der Waals surface area contributed by atoms with Gasteiger partial charge in [-0.05, 0) is 71.5 Å². The Morgan fingerprint density at radius 3 is 1.42 bits per heavy atom. The molecule has 36 heavy (non-hydrogen) atoms. The van der Waals surface area contributed by atoms with Crippen LogP contribution in [0, 0.1) is 13.8 Å². The number of rotatable bonds is 7. The van der Waals surface area contributed by atoms with Gasteiger partial charge < -0.3 is 10.6 Å². The van der Waals surface area contributed by atoms with Gasteiger partial charge >= 0.3 is 0 Å². The molecule has 2 aromatic carbocycles. The summed E-state index contributed by atoms with van der Waals surface area (Å²) in [5.74, 6) is 0.0703. The number of halogens is 2. The van der Waals surface area contributed by atoms with Crippen LogP contribution in [0.5, 0.6) is 0 Å². The van der Waals surface area contributed by atoms with Gasteiger partial charge in [-0.3, -0.25) is 19.6 Å². The van der Waals surface area contributed by atoms with Crippen LogP contribution in [-0.4, -0.2) is 21.8 Å². The molecule has 2 amide bonds. The zero-order valence-electron chi connectivity index (χ0n) is 19.8. The molecule has 0 spiro atoms. The van der Waals surface area contributed by atoms with E-state index in [4.69, 9.17) is 23.2 Å². The molecule has 2 heterocycles. The van der Waals surface area contributed by atoms with Crippen molar-refractivity contribution in [1.82, 2.24) is 9.97 Å². The fourth-order valence-corrected chi connectivity index (χ4v) is 4.09. The van der Waals surface area contributed by atoms with Gasteiger partial charge in [0.1, 0.15) is 11.4 Å². The van der Waals surface area contributed by atoms with Gasteiger partial charge in [-0.2, -0.15) is 0 Å². The first-order valence-corrected chi connectivity index (χ1v) is 12.3. The molecular formula is C28H24Cl2N4O2. The van der Waals surface area contributed by atoms with Crippen LogP contribution >= 0.6 is 23.2 Å². The lowest BCUT2D eigenvalue weighted by molar-refractivity contribution is 0.101. The number of benzene rings is 2. The average molecular weight is 519 g/mol. The molecule has 0 fully saturated rings. The van der Waals surface area contributed by atoms with E-state index in [1.165, 1.54) is 0 Å². The predicted molar refractivity (Wildman–Crippen MR) is 145 cm³/mol. The summed E-state index contributed by atoms with van der Waals surface area (Å²) < 4.78 is 0. The molecule has 0 saturated heterocycles. The monoisotopic (exact) mass is 518 g/mol. The number of hydrogen-bond acceptors (Lipinski definition) is 4. The third kappa shape index (κ3) is 5.56. The van der Waals surface area contributed by atoms with Gasteiger partial charge in [0.15, 0.2) is 0 Å². The highest BCUT2D eigenvalue weighted by atomic mass is 35.5.